The van der Waals surface area contributed by atoms with E-state index in [2.05, 4.69) is 15.9 Å². The molecule has 0 unspecified atom stereocenters. The molecule has 0 saturated carbocycles. The lowest BCUT2D eigenvalue weighted by Crippen LogP contribution is -2.49. The molecule has 214 valence electrons. The van der Waals surface area contributed by atoms with Crippen LogP contribution in [0.4, 0.5) is 5.69 Å². The van der Waals surface area contributed by atoms with Crippen molar-refractivity contribution in [2.75, 3.05) is 57.9 Å². The van der Waals surface area contributed by atoms with Crippen molar-refractivity contribution < 1.29 is 43.6 Å². The van der Waals surface area contributed by atoms with E-state index in [-0.39, 0.29) is 37.3 Å². The molecule has 2 atom stereocenters. The second kappa shape index (κ2) is 12.9. The second-order valence-electron chi connectivity index (χ2n) is 9.61. The Labute approximate surface area is 231 Å². The summed E-state index contributed by atoms with van der Waals surface area (Å²) in [6.07, 6.45) is 0.360. The van der Waals surface area contributed by atoms with E-state index in [1.165, 1.54) is 4.90 Å². The van der Waals surface area contributed by atoms with Gasteiger partial charge in [0.05, 0.1) is 32.1 Å². The normalized spacial score (nSPS) is 23.1. The summed E-state index contributed by atoms with van der Waals surface area (Å²) >= 11 is 0. The van der Waals surface area contributed by atoms with Crippen LogP contribution in [0, 0.1) is 0 Å². The van der Waals surface area contributed by atoms with Gasteiger partial charge in [-0.3, -0.25) is 19.4 Å². The number of anilines is 1. The first-order valence-corrected chi connectivity index (χ1v) is 13.0. The molecule has 0 aliphatic carbocycles. The molecular weight excluding hydrogens is 522 g/mol. The van der Waals surface area contributed by atoms with Crippen LogP contribution in [-0.2, 0) is 34.4 Å². The summed E-state index contributed by atoms with van der Waals surface area (Å²) in [5, 5.41) is 14.8. The SMILES string of the molecule is COc1ccccc1N1CCN(C[C@@H]2CO[C@@](CN3C(=O)CCC3=O)(c3ccccc3)O2)CC1.O=C(O)C(=O)O. The molecular formula is C28H33N3O9. The topological polar surface area (TPSA) is 146 Å². The zero-order chi connectivity index (χ0) is 28.7. The fourth-order valence-electron chi connectivity index (χ4n) is 5.03. The van der Waals surface area contributed by atoms with Crippen molar-refractivity contribution in [1.29, 1.82) is 0 Å². The van der Waals surface area contributed by atoms with Crippen molar-refractivity contribution in [3.05, 3.63) is 60.2 Å². The summed E-state index contributed by atoms with van der Waals surface area (Å²) in [5.74, 6) is -4.21. The van der Waals surface area contributed by atoms with Crippen molar-refractivity contribution in [1.82, 2.24) is 9.80 Å². The second-order valence-corrected chi connectivity index (χ2v) is 9.61. The van der Waals surface area contributed by atoms with Crippen molar-refractivity contribution in [3.63, 3.8) is 0 Å². The third kappa shape index (κ3) is 6.76. The minimum atomic E-state index is -1.82. The highest BCUT2D eigenvalue weighted by atomic mass is 16.7. The van der Waals surface area contributed by atoms with Crippen LogP contribution in [0.25, 0.3) is 0 Å². The van der Waals surface area contributed by atoms with E-state index in [1.807, 2.05) is 48.5 Å². The number of imide groups is 1. The molecule has 3 aliphatic heterocycles. The van der Waals surface area contributed by atoms with Gasteiger partial charge in [-0.15, -0.1) is 0 Å². The van der Waals surface area contributed by atoms with Crippen LogP contribution >= 0.6 is 0 Å². The largest absolute Gasteiger partial charge is 0.495 e. The number of carboxylic acids is 2. The molecule has 2 aromatic carbocycles. The minimum absolute atomic E-state index is 0.0900. The zero-order valence-electron chi connectivity index (χ0n) is 22.2. The fourth-order valence-corrected chi connectivity index (χ4v) is 5.03. The summed E-state index contributed by atoms with van der Waals surface area (Å²) in [6, 6.07) is 17.7. The Morgan fingerprint density at radius 2 is 1.52 bits per heavy atom. The van der Waals surface area contributed by atoms with E-state index in [4.69, 9.17) is 34.0 Å². The Morgan fingerprint density at radius 1 is 0.925 bits per heavy atom. The number of carbonyl (C=O) groups is 4. The Morgan fingerprint density at radius 3 is 2.12 bits per heavy atom. The van der Waals surface area contributed by atoms with Gasteiger partial charge in [-0.1, -0.05) is 42.5 Å². The van der Waals surface area contributed by atoms with E-state index in [0.717, 1.165) is 49.7 Å². The molecule has 0 spiro atoms. The maximum atomic E-state index is 12.3. The predicted molar refractivity (Wildman–Crippen MR) is 142 cm³/mol. The van der Waals surface area contributed by atoms with Gasteiger partial charge in [0.25, 0.3) is 0 Å². The molecule has 12 nitrogen and oxygen atoms in total. The van der Waals surface area contributed by atoms with E-state index in [1.54, 1.807) is 7.11 Å². The number of methoxy groups -OCH3 is 1. The van der Waals surface area contributed by atoms with Gasteiger partial charge in [0.2, 0.25) is 17.6 Å². The van der Waals surface area contributed by atoms with Gasteiger partial charge in [-0.2, -0.15) is 0 Å². The molecule has 2 amide bonds. The first kappa shape index (κ1) is 29.0. The molecule has 3 saturated heterocycles. The van der Waals surface area contributed by atoms with Gasteiger partial charge < -0.3 is 29.3 Å². The van der Waals surface area contributed by atoms with Crippen LogP contribution in [0.3, 0.4) is 0 Å². The van der Waals surface area contributed by atoms with E-state index >= 15 is 0 Å². The van der Waals surface area contributed by atoms with Gasteiger partial charge in [0, 0.05) is 51.1 Å². The van der Waals surface area contributed by atoms with Crippen LogP contribution < -0.4 is 9.64 Å². The lowest BCUT2D eigenvalue weighted by molar-refractivity contribution is -0.193. The number of rotatable bonds is 7. The number of amides is 2. The highest BCUT2D eigenvalue weighted by Crippen LogP contribution is 2.37. The van der Waals surface area contributed by atoms with Crippen LogP contribution in [0.15, 0.2) is 54.6 Å². The molecule has 0 radical (unpaired) electrons. The Kier molecular flexibility index (Phi) is 9.35. The molecule has 3 heterocycles. The number of benzene rings is 2. The number of ether oxygens (including phenoxy) is 3. The number of hydrogen-bond acceptors (Lipinski definition) is 9. The third-order valence-electron chi connectivity index (χ3n) is 7.04. The van der Waals surface area contributed by atoms with Gasteiger partial charge in [0.1, 0.15) is 5.75 Å². The lowest BCUT2D eigenvalue weighted by atomic mass is 10.1. The molecule has 3 fully saturated rings. The lowest BCUT2D eigenvalue weighted by Gasteiger charge is -2.37. The van der Waals surface area contributed by atoms with Crippen molar-refractivity contribution >= 4 is 29.4 Å². The molecule has 0 aromatic heterocycles. The quantitative estimate of drug-likeness (QED) is 0.377. The number of aliphatic carboxylic acids is 2. The Bertz CT molecular complexity index is 1190. The molecule has 5 rings (SSSR count). The monoisotopic (exact) mass is 555 g/mol. The van der Waals surface area contributed by atoms with Crippen molar-refractivity contribution in [2.45, 2.75) is 24.7 Å². The molecule has 2 aromatic rings. The first-order valence-electron chi connectivity index (χ1n) is 13.0. The highest BCUT2D eigenvalue weighted by molar-refractivity contribution is 6.27. The van der Waals surface area contributed by atoms with E-state index in [9.17, 15) is 9.59 Å². The molecule has 2 N–H and O–H groups in total. The van der Waals surface area contributed by atoms with E-state index < -0.39 is 17.7 Å². The average Bonchev–Trinajstić information content (AvgIpc) is 3.53. The van der Waals surface area contributed by atoms with Gasteiger partial charge >= 0.3 is 11.9 Å². The number of nitrogens with zero attached hydrogens (tertiary/aromatic N) is 3. The fraction of sp³-hybridized carbons (Fsp3) is 0.429. The maximum Gasteiger partial charge on any atom is 0.414 e. The Balaban J connectivity index is 0.000000557. The van der Waals surface area contributed by atoms with Crippen LogP contribution in [0.5, 0.6) is 5.75 Å². The molecule has 0 bridgehead atoms. The predicted octanol–water partition coefficient (Wildman–Crippen LogP) is 1.39. The molecule has 12 heteroatoms. The third-order valence-corrected chi connectivity index (χ3v) is 7.04. The summed E-state index contributed by atoms with van der Waals surface area (Å²) in [5.41, 5.74) is 1.94. The van der Waals surface area contributed by atoms with Crippen LogP contribution in [0.2, 0.25) is 0 Å². The van der Waals surface area contributed by atoms with Gasteiger partial charge in [-0.25, -0.2) is 9.59 Å². The Hall–Kier alpha value is -4.00. The zero-order valence-corrected chi connectivity index (χ0v) is 22.2. The number of piperazine rings is 1. The first-order chi connectivity index (χ1) is 19.2. The molecule has 40 heavy (non-hydrogen) atoms. The number of carbonyl (C=O) groups excluding carboxylic acids is 2. The number of para-hydroxylation sites is 2. The number of carboxylic acid groups (broad SMARTS) is 2. The van der Waals surface area contributed by atoms with Crippen molar-refractivity contribution in [3.8, 4) is 5.75 Å². The summed E-state index contributed by atoms with van der Waals surface area (Å²) < 4.78 is 18.3. The standard InChI is InChI=1S/C26H31N3O5.C2H2O4/c1-32-23-10-6-5-9-22(23)28-15-13-27(14-16-28)17-21-18-33-26(34-21,20-7-3-2-4-8-20)19-29-24(30)11-12-25(29)31;3-1(4)2(5)6/h2-10,21H,11-19H2,1H3;(H,3,4)(H,5,6)/t21-,26-;/m1./s1. The van der Waals surface area contributed by atoms with Crippen LogP contribution in [-0.4, -0.2) is 103 Å². The van der Waals surface area contributed by atoms with Crippen molar-refractivity contribution in [2.24, 2.45) is 0 Å². The molecule has 3 aliphatic rings. The minimum Gasteiger partial charge on any atom is -0.495 e. The highest BCUT2D eigenvalue weighted by Gasteiger charge is 2.48. The average molecular weight is 556 g/mol. The smallest absolute Gasteiger partial charge is 0.414 e. The van der Waals surface area contributed by atoms with E-state index in [0.29, 0.717) is 6.61 Å². The number of hydrogen-bond donors (Lipinski definition) is 2. The van der Waals surface area contributed by atoms with Gasteiger partial charge in [0.15, 0.2) is 0 Å². The van der Waals surface area contributed by atoms with Gasteiger partial charge in [-0.05, 0) is 12.1 Å². The van der Waals surface area contributed by atoms with Crippen LogP contribution in [0.1, 0.15) is 18.4 Å². The number of likely N-dealkylation sites (tertiary alicyclic amines) is 1. The summed E-state index contributed by atoms with van der Waals surface area (Å²) in [4.78, 5) is 48.8. The summed E-state index contributed by atoms with van der Waals surface area (Å²) in [6.45, 7) is 4.84. The summed E-state index contributed by atoms with van der Waals surface area (Å²) in [7, 11) is 1.70. The maximum absolute atomic E-state index is 12.3.